The molecular formula is C16H18ClN5O2S. The van der Waals surface area contributed by atoms with Crippen molar-refractivity contribution in [1.82, 2.24) is 19.2 Å². The molecule has 0 radical (unpaired) electrons. The molecule has 2 heterocycles. The van der Waals surface area contributed by atoms with Gasteiger partial charge in [-0.25, -0.2) is 13.4 Å². The molecule has 1 aromatic heterocycles. The van der Waals surface area contributed by atoms with Gasteiger partial charge in [0.1, 0.15) is 11.9 Å². The van der Waals surface area contributed by atoms with Gasteiger partial charge in [0, 0.05) is 32.0 Å². The molecule has 0 saturated carbocycles. The number of hydrogen-bond acceptors (Lipinski definition) is 5. The molecule has 2 aromatic rings. The van der Waals surface area contributed by atoms with E-state index >= 15 is 0 Å². The predicted octanol–water partition coefficient (Wildman–Crippen LogP) is 2.00. The molecule has 0 unspecified atom stereocenters. The zero-order chi connectivity index (χ0) is 18.0. The third kappa shape index (κ3) is 3.41. The van der Waals surface area contributed by atoms with Crippen molar-refractivity contribution in [2.75, 3.05) is 26.2 Å². The molecule has 1 atom stereocenters. The van der Waals surface area contributed by atoms with Crippen molar-refractivity contribution in [3.63, 3.8) is 0 Å². The van der Waals surface area contributed by atoms with Crippen molar-refractivity contribution in [1.29, 1.82) is 5.26 Å². The average molecular weight is 380 g/mol. The standard InChI is InChI=1S/C16H18ClN5O2S/c1-2-21-7-8-22(11-15(21)16-19-5-6-20-16)25(23,24)13-3-4-14(17)12(9-13)10-18/h3-6,9,15H,2,7-8,11H2,1H3,(H,19,20)/t15-/m1/s1. The Bertz CT molecular complexity index is 892. The number of imidazole rings is 1. The van der Waals surface area contributed by atoms with Crippen molar-refractivity contribution < 1.29 is 8.42 Å². The van der Waals surface area contributed by atoms with E-state index in [0.717, 1.165) is 12.4 Å². The molecule has 0 bridgehead atoms. The molecule has 1 aliphatic heterocycles. The first-order valence-electron chi connectivity index (χ1n) is 7.90. The Morgan fingerprint density at radius 2 is 2.24 bits per heavy atom. The first-order chi connectivity index (χ1) is 12.0. The number of aromatic nitrogens is 2. The fourth-order valence-electron chi connectivity index (χ4n) is 3.01. The summed E-state index contributed by atoms with van der Waals surface area (Å²) in [6.07, 6.45) is 3.39. The number of nitriles is 1. The van der Waals surface area contributed by atoms with Gasteiger partial charge in [-0.1, -0.05) is 18.5 Å². The number of nitrogens with one attached hydrogen (secondary N) is 1. The molecule has 0 amide bonds. The third-order valence-corrected chi connectivity index (χ3v) is 6.58. The van der Waals surface area contributed by atoms with Crippen LogP contribution in [-0.4, -0.2) is 53.8 Å². The quantitative estimate of drug-likeness (QED) is 0.876. The van der Waals surface area contributed by atoms with E-state index in [0.29, 0.717) is 19.6 Å². The van der Waals surface area contributed by atoms with Crippen molar-refractivity contribution in [3.05, 3.63) is 47.0 Å². The van der Waals surface area contributed by atoms with Crippen LogP contribution in [0.2, 0.25) is 5.02 Å². The van der Waals surface area contributed by atoms with Gasteiger partial charge in [-0.2, -0.15) is 9.57 Å². The topological polar surface area (TPSA) is 93.1 Å². The van der Waals surface area contributed by atoms with Gasteiger partial charge in [-0.05, 0) is 24.7 Å². The van der Waals surface area contributed by atoms with E-state index in [1.165, 1.54) is 22.5 Å². The Kier molecular flexibility index (Phi) is 5.11. The van der Waals surface area contributed by atoms with Gasteiger partial charge in [-0.15, -0.1) is 0 Å². The summed E-state index contributed by atoms with van der Waals surface area (Å²) in [4.78, 5) is 9.63. The van der Waals surface area contributed by atoms with Crippen LogP contribution in [0.1, 0.15) is 24.4 Å². The van der Waals surface area contributed by atoms with Crippen molar-refractivity contribution in [2.45, 2.75) is 17.9 Å². The highest BCUT2D eigenvalue weighted by Gasteiger charge is 2.35. The van der Waals surface area contributed by atoms with Gasteiger partial charge < -0.3 is 4.98 Å². The molecule has 132 valence electrons. The Labute approximate surface area is 151 Å². The molecule has 1 aromatic carbocycles. The monoisotopic (exact) mass is 379 g/mol. The number of sulfonamides is 1. The maximum Gasteiger partial charge on any atom is 0.243 e. The highest BCUT2D eigenvalue weighted by molar-refractivity contribution is 7.89. The minimum absolute atomic E-state index is 0.0802. The first-order valence-corrected chi connectivity index (χ1v) is 9.72. The fourth-order valence-corrected chi connectivity index (χ4v) is 4.64. The molecular weight excluding hydrogens is 362 g/mol. The van der Waals surface area contributed by atoms with Crippen molar-refractivity contribution in [3.8, 4) is 6.07 Å². The van der Waals surface area contributed by atoms with Crippen LogP contribution in [-0.2, 0) is 10.0 Å². The number of rotatable bonds is 4. The van der Waals surface area contributed by atoms with E-state index in [1.54, 1.807) is 12.4 Å². The molecule has 0 spiro atoms. The van der Waals surface area contributed by atoms with Crippen LogP contribution < -0.4 is 0 Å². The third-order valence-electron chi connectivity index (χ3n) is 4.39. The molecule has 1 aliphatic rings. The molecule has 25 heavy (non-hydrogen) atoms. The number of halogens is 1. The maximum atomic E-state index is 13.0. The molecule has 3 rings (SSSR count). The molecule has 9 heteroatoms. The Hall–Kier alpha value is -1.92. The lowest BCUT2D eigenvalue weighted by Gasteiger charge is -2.39. The smallest absolute Gasteiger partial charge is 0.243 e. The van der Waals surface area contributed by atoms with Gasteiger partial charge in [-0.3, -0.25) is 4.90 Å². The number of likely N-dealkylation sites (N-methyl/N-ethyl adjacent to an activating group) is 1. The minimum atomic E-state index is -3.71. The first kappa shape index (κ1) is 17.9. The minimum Gasteiger partial charge on any atom is -0.347 e. The second-order valence-corrected chi connectivity index (χ2v) is 8.08. The Balaban J connectivity index is 1.91. The number of aromatic amines is 1. The molecule has 1 fully saturated rings. The lowest BCUT2D eigenvalue weighted by Crippen LogP contribution is -2.50. The SMILES string of the molecule is CCN1CCN(S(=O)(=O)c2ccc(Cl)c(C#N)c2)C[C@@H]1c1ncc[nH]1. The van der Waals surface area contributed by atoms with E-state index in [1.807, 2.05) is 13.0 Å². The summed E-state index contributed by atoms with van der Waals surface area (Å²) in [6.45, 7) is 4.14. The summed E-state index contributed by atoms with van der Waals surface area (Å²) in [6, 6.07) is 5.99. The highest BCUT2D eigenvalue weighted by Crippen LogP contribution is 2.28. The molecule has 1 N–H and O–H groups in total. The van der Waals surface area contributed by atoms with E-state index in [2.05, 4.69) is 14.9 Å². The van der Waals surface area contributed by atoms with Gasteiger partial charge in [0.2, 0.25) is 10.0 Å². The summed E-state index contributed by atoms with van der Waals surface area (Å²) in [5.41, 5.74) is 0.150. The largest absolute Gasteiger partial charge is 0.347 e. The average Bonchev–Trinajstić information content (AvgIpc) is 3.15. The van der Waals surface area contributed by atoms with Gasteiger partial charge >= 0.3 is 0 Å². The maximum absolute atomic E-state index is 13.0. The summed E-state index contributed by atoms with van der Waals surface area (Å²) in [5.74, 6) is 0.746. The summed E-state index contributed by atoms with van der Waals surface area (Å²) >= 11 is 5.91. The van der Waals surface area contributed by atoms with E-state index < -0.39 is 10.0 Å². The van der Waals surface area contributed by atoms with Crippen LogP contribution in [0.4, 0.5) is 0 Å². The number of H-pyrrole nitrogens is 1. The summed E-state index contributed by atoms with van der Waals surface area (Å²) < 4.78 is 27.4. The fraction of sp³-hybridized carbons (Fsp3) is 0.375. The van der Waals surface area contributed by atoms with Crippen molar-refractivity contribution in [2.24, 2.45) is 0 Å². The molecule has 7 nitrogen and oxygen atoms in total. The van der Waals surface area contributed by atoms with Gasteiger partial charge in [0.05, 0.1) is 21.5 Å². The number of nitrogens with zero attached hydrogens (tertiary/aromatic N) is 4. The van der Waals surface area contributed by atoms with Crippen LogP contribution in [0.25, 0.3) is 0 Å². The second-order valence-electron chi connectivity index (χ2n) is 5.74. The normalized spacial score (nSPS) is 19.6. The Morgan fingerprint density at radius 1 is 1.44 bits per heavy atom. The second kappa shape index (κ2) is 7.14. The predicted molar refractivity (Wildman–Crippen MR) is 93.5 cm³/mol. The zero-order valence-electron chi connectivity index (χ0n) is 13.7. The van der Waals surface area contributed by atoms with E-state index in [9.17, 15) is 8.42 Å². The van der Waals surface area contributed by atoms with Crippen LogP contribution in [0.3, 0.4) is 0 Å². The van der Waals surface area contributed by atoms with Gasteiger partial charge in [0.15, 0.2) is 0 Å². The highest BCUT2D eigenvalue weighted by atomic mass is 35.5. The summed E-state index contributed by atoms with van der Waals surface area (Å²) in [5, 5.41) is 9.33. The number of benzene rings is 1. The lowest BCUT2D eigenvalue weighted by molar-refractivity contribution is 0.119. The van der Waals surface area contributed by atoms with E-state index in [4.69, 9.17) is 16.9 Å². The van der Waals surface area contributed by atoms with Gasteiger partial charge in [0.25, 0.3) is 0 Å². The molecule has 1 saturated heterocycles. The van der Waals surface area contributed by atoms with Crippen molar-refractivity contribution >= 4 is 21.6 Å². The zero-order valence-corrected chi connectivity index (χ0v) is 15.3. The van der Waals surface area contributed by atoms with Crippen LogP contribution in [0.5, 0.6) is 0 Å². The Morgan fingerprint density at radius 3 is 2.88 bits per heavy atom. The lowest BCUT2D eigenvalue weighted by atomic mass is 10.2. The number of piperazine rings is 1. The van der Waals surface area contributed by atoms with E-state index in [-0.39, 0.29) is 21.5 Å². The molecule has 0 aliphatic carbocycles. The summed E-state index contributed by atoms with van der Waals surface area (Å²) in [7, 11) is -3.71. The van der Waals surface area contributed by atoms with Crippen LogP contribution >= 0.6 is 11.6 Å². The van der Waals surface area contributed by atoms with Crippen LogP contribution in [0.15, 0.2) is 35.5 Å². The van der Waals surface area contributed by atoms with Crippen LogP contribution in [0, 0.1) is 11.3 Å². The number of hydrogen-bond donors (Lipinski definition) is 1.